The number of alkyl carbamates (subject to hydrolysis) is 1. The van der Waals surface area contributed by atoms with Gasteiger partial charge in [-0.2, -0.15) is 0 Å². The molecule has 6 heterocycles. The molecule has 266 valence electrons. The Bertz CT molecular complexity index is 1910. The highest BCUT2D eigenvalue weighted by Crippen LogP contribution is 2.47. The smallest absolute Gasteiger partial charge is 0.407 e. The molecule has 2 bridgehead atoms. The Labute approximate surface area is 294 Å². The Morgan fingerprint density at radius 2 is 1.84 bits per heavy atom. The molecule has 2 saturated carbocycles. The highest BCUT2D eigenvalue weighted by Gasteiger charge is 2.49. The Kier molecular flexibility index (Phi) is 8.93. The summed E-state index contributed by atoms with van der Waals surface area (Å²) in [4.78, 5) is 37.6. The average Bonchev–Trinajstić information content (AvgIpc) is 3.95. The molecule has 1 aromatic carbocycles. The van der Waals surface area contributed by atoms with Gasteiger partial charge in [0.05, 0.1) is 41.7 Å². The topological polar surface area (TPSA) is 146 Å². The number of anilines is 1. The molecule has 2 amide bonds. The van der Waals surface area contributed by atoms with Crippen molar-refractivity contribution in [1.29, 1.82) is 0 Å². The number of aromatic nitrogens is 3. The van der Waals surface area contributed by atoms with Crippen LogP contribution in [0.25, 0.3) is 11.0 Å². The number of halogens is 1. The first-order valence-corrected chi connectivity index (χ1v) is 17.6. The number of hydrogen-bond donors (Lipinski definition) is 3. The van der Waals surface area contributed by atoms with E-state index in [1.807, 2.05) is 48.5 Å². The molecule has 51 heavy (non-hydrogen) atoms. The van der Waals surface area contributed by atoms with Gasteiger partial charge in [-0.15, -0.1) is 0 Å². The van der Waals surface area contributed by atoms with Crippen molar-refractivity contribution in [3.05, 3.63) is 83.4 Å². The lowest BCUT2D eigenvalue weighted by Crippen LogP contribution is -2.61. The minimum absolute atomic E-state index is 0.00146. The summed E-state index contributed by atoms with van der Waals surface area (Å²) in [5.74, 6) is 0.833. The molecule has 3 aromatic heterocycles. The molecule has 3 aliphatic heterocycles. The maximum absolute atomic E-state index is 15.3. The number of aryl methyl sites for hydroxylation is 1. The molecule has 4 fully saturated rings. The number of rotatable bonds is 13. The number of carbonyl (C=O) groups excluding carboxylic acids is 2. The molecule has 3 N–H and O–H groups in total. The van der Waals surface area contributed by atoms with Crippen LogP contribution in [0.5, 0.6) is 11.6 Å². The van der Waals surface area contributed by atoms with Gasteiger partial charge in [0.1, 0.15) is 12.4 Å². The lowest BCUT2D eigenvalue weighted by molar-refractivity contribution is -0.165. The lowest BCUT2D eigenvalue weighted by Gasteiger charge is -2.53. The average molecular weight is 697 g/mol. The van der Waals surface area contributed by atoms with Crippen LogP contribution in [-0.4, -0.2) is 64.5 Å². The number of benzene rings is 1. The van der Waals surface area contributed by atoms with E-state index in [1.54, 1.807) is 6.07 Å². The zero-order valence-electron chi connectivity index (χ0n) is 28.3. The fourth-order valence-corrected chi connectivity index (χ4v) is 7.25. The van der Waals surface area contributed by atoms with Crippen LogP contribution in [0.2, 0.25) is 0 Å². The largest absolute Gasteiger partial charge is 0.480 e. The van der Waals surface area contributed by atoms with E-state index in [9.17, 15) is 9.59 Å². The van der Waals surface area contributed by atoms with Crippen LogP contribution in [0.15, 0.2) is 60.8 Å². The van der Waals surface area contributed by atoms with Crippen molar-refractivity contribution in [2.75, 3.05) is 31.7 Å². The van der Waals surface area contributed by atoms with Gasteiger partial charge in [0.15, 0.2) is 18.2 Å². The van der Waals surface area contributed by atoms with E-state index < -0.39 is 6.09 Å². The molecule has 5 aliphatic rings. The second kappa shape index (κ2) is 13.7. The number of amides is 2. The molecule has 0 atom stereocenters. The molecule has 13 heteroatoms. The third-order valence-electron chi connectivity index (χ3n) is 10.8. The first-order valence-electron chi connectivity index (χ1n) is 17.6. The second-order valence-corrected chi connectivity index (χ2v) is 14.4. The van der Waals surface area contributed by atoms with Gasteiger partial charge in [-0.25, -0.2) is 19.2 Å². The number of pyridine rings is 3. The van der Waals surface area contributed by atoms with Gasteiger partial charge in [-0.05, 0) is 75.1 Å². The van der Waals surface area contributed by atoms with Gasteiger partial charge in [0.2, 0.25) is 5.88 Å². The van der Waals surface area contributed by atoms with E-state index in [2.05, 4.69) is 25.9 Å². The minimum atomic E-state index is -0.461. The summed E-state index contributed by atoms with van der Waals surface area (Å²) in [5, 5.41) is 9.31. The molecule has 9 rings (SSSR count). The quantitative estimate of drug-likeness (QED) is 0.167. The van der Waals surface area contributed by atoms with Crippen LogP contribution in [0.1, 0.15) is 61.8 Å². The van der Waals surface area contributed by atoms with Crippen molar-refractivity contribution in [3.8, 4) is 11.6 Å². The van der Waals surface area contributed by atoms with Gasteiger partial charge >= 0.3 is 6.09 Å². The van der Waals surface area contributed by atoms with Crippen molar-refractivity contribution in [1.82, 2.24) is 25.6 Å². The maximum Gasteiger partial charge on any atom is 0.407 e. The van der Waals surface area contributed by atoms with Gasteiger partial charge < -0.3 is 34.9 Å². The normalized spacial score (nSPS) is 22.8. The summed E-state index contributed by atoms with van der Waals surface area (Å²) in [7, 11) is 0. The summed E-state index contributed by atoms with van der Waals surface area (Å²) in [6.45, 7) is 2.14. The van der Waals surface area contributed by atoms with Crippen molar-refractivity contribution in [2.24, 2.45) is 5.41 Å². The molecule has 4 aromatic rings. The molecule has 0 unspecified atom stereocenters. The zero-order valence-corrected chi connectivity index (χ0v) is 28.3. The molecule has 0 spiro atoms. The van der Waals surface area contributed by atoms with Crippen LogP contribution in [0.4, 0.5) is 15.0 Å². The SMILES string of the molecule is O=C1COc2ccc(CNC34CCC(CCc5c(F)cnc6ccc(OCC7(CNC(=O)OCc8ccccc8)CC7)nc56)(CC3)OC4)nc2N1. The summed E-state index contributed by atoms with van der Waals surface area (Å²) < 4.78 is 38.8. The van der Waals surface area contributed by atoms with Gasteiger partial charge in [-0.1, -0.05) is 30.3 Å². The predicted octanol–water partition coefficient (Wildman–Crippen LogP) is 5.38. The van der Waals surface area contributed by atoms with Crippen LogP contribution < -0.4 is 25.4 Å². The number of ether oxygens (including phenoxy) is 4. The first kappa shape index (κ1) is 33.3. The van der Waals surface area contributed by atoms with Crippen LogP contribution in [0.3, 0.4) is 0 Å². The Hall–Kier alpha value is -4.88. The Morgan fingerprint density at radius 1 is 1.00 bits per heavy atom. The van der Waals surface area contributed by atoms with E-state index in [0.29, 0.717) is 73.2 Å². The van der Waals surface area contributed by atoms with E-state index >= 15 is 4.39 Å². The third kappa shape index (κ3) is 7.45. The maximum atomic E-state index is 15.3. The first-order chi connectivity index (χ1) is 24.8. The predicted molar refractivity (Wildman–Crippen MR) is 185 cm³/mol. The Balaban J connectivity index is 0.846. The monoisotopic (exact) mass is 696 g/mol. The molecular formula is C38H41FN6O6. The highest BCUT2D eigenvalue weighted by molar-refractivity contribution is 5.94. The highest BCUT2D eigenvalue weighted by atomic mass is 19.1. The van der Waals surface area contributed by atoms with Crippen molar-refractivity contribution in [3.63, 3.8) is 0 Å². The van der Waals surface area contributed by atoms with Crippen molar-refractivity contribution in [2.45, 2.75) is 75.7 Å². The number of nitrogens with zero attached hydrogens (tertiary/aromatic N) is 3. The zero-order chi connectivity index (χ0) is 34.9. The molecule has 2 aliphatic carbocycles. The number of carbonyl (C=O) groups is 2. The standard InChI is InChI=1S/C38H41FN6O6/c39-28-19-40-29-7-9-32(50-23-36(12-13-36)22-41-35(47)49-20-25-4-2-1-3-5-25)45-33(29)27(28)10-11-38-16-14-37(15-17-38,24-51-38)42-18-26-6-8-30-34(43-26)44-31(46)21-48-30/h1-9,19,42H,10-18,20-24H2,(H,41,47)(H,43,44,46). The third-order valence-corrected chi connectivity index (χ3v) is 10.8. The van der Waals surface area contributed by atoms with E-state index in [4.69, 9.17) is 23.9 Å². The van der Waals surface area contributed by atoms with Gasteiger partial charge in [0, 0.05) is 35.7 Å². The number of nitrogens with one attached hydrogen (secondary N) is 3. The van der Waals surface area contributed by atoms with Crippen molar-refractivity contribution < 1.29 is 32.9 Å². The molecule has 2 saturated heterocycles. The number of hydrogen-bond acceptors (Lipinski definition) is 10. The second-order valence-electron chi connectivity index (χ2n) is 14.4. The minimum Gasteiger partial charge on any atom is -0.480 e. The van der Waals surface area contributed by atoms with E-state index in [-0.39, 0.29) is 41.5 Å². The van der Waals surface area contributed by atoms with Gasteiger partial charge in [0.25, 0.3) is 5.91 Å². The molecule has 12 nitrogen and oxygen atoms in total. The fraction of sp³-hybridized carbons (Fsp3) is 0.447. The number of fused-ring (bicyclic) bond motifs is 5. The van der Waals surface area contributed by atoms with Crippen LogP contribution >= 0.6 is 0 Å². The molecular weight excluding hydrogens is 655 g/mol. The lowest BCUT2D eigenvalue weighted by atomic mass is 9.69. The summed E-state index contributed by atoms with van der Waals surface area (Å²) in [5.41, 5.74) is 2.71. The summed E-state index contributed by atoms with van der Waals surface area (Å²) >= 11 is 0. The van der Waals surface area contributed by atoms with Crippen LogP contribution in [-0.2, 0) is 33.8 Å². The Morgan fingerprint density at radius 3 is 2.63 bits per heavy atom. The fourth-order valence-electron chi connectivity index (χ4n) is 7.25. The van der Waals surface area contributed by atoms with Crippen molar-refractivity contribution >= 4 is 28.9 Å². The van der Waals surface area contributed by atoms with E-state index in [0.717, 1.165) is 49.8 Å². The van der Waals surface area contributed by atoms with Crippen LogP contribution in [0, 0.1) is 11.2 Å². The van der Waals surface area contributed by atoms with E-state index in [1.165, 1.54) is 6.20 Å². The van der Waals surface area contributed by atoms with Gasteiger partial charge in [-0.3, -0.25) is 9.78 Å². The summed E-state index contributed by atoms with van der Waals surface area (Å²) in [6, 6.07) is 16.9. The molecule has 0 radical (unpaired) electrons. The summed E-state index contributed by atoms with van der Waals surface area (Å²) in [6.07, 6.45) is 7.39.